The zero-order valence-corrected chi connectivity index (χ0v) is 13.6. The first kappa shape index (κ1) is 19.0. The highest BCUT2D eigenvalue weighted by Gasteiger charge is 2.14. The van der Waals surface area contributed by atoms with Gasteiger partial charge in [0.15, 0.2) is 0 Å². The summed E-state index contributed by atoms with van der Waals surface area (Å²) in [6.07, 6.45) is 0. The third-order valence-corrected chi connectivity index (χ3v) is 3.26. The van der Waals surface area contributed by atoms with Crippen molar-refractivity contribution in [1.29, 1.82) is 0 Å². The SMILES string of the molecule is O=C(CNC(=O)c1ccc(F)cc1F)NCC(=O)OCc1ccccc1. The number of esters is 1. The molecule has 0 saturated carbocycles. The Morgan fingerprint density at radius 1 is 0.923 bits per heavy atom. The molecule has 26 heavy (non-hydrogen) atoms. The van der Waals surface area contributed by atoms with Crippen LogP contribution in [0.25, 0.3) is 0 Å². The molecule has 2 amide bonds. The second-order valence-electron chi connectivity index (χ2n) is 5.23. The second-order valence-corrected chi connectivity index (χ2v) is 5.23. The van der Waals surface area contributed by atoms with Gasteiger partial charge in [-0.05, 0) is 17.7 Å². The fraction of sp³-hybridized carbons (Fsp3) is 0.167. The van der Waals surface area contributed by atoms with E-state index in [1.54, 1.807) is 24.3 Å². The molecule has 0 fully saturated rings. The number of nitrogens with one attached hydrogen (secondary N) is 2. The van der Waals surface area contributed by atoms with E-state index < -0.39 is 36.0 Å². The Hall–Kier alpha value is -3.29. The Labute approximate surface area is 148 Å². The average molecular weight is 362 g/mol. The largest absolute Gasteiger partial charge is 0.460 e. The number of hydrogen-bond acceptors (Lipinski definition) is 4. The van der Waals surface area contributed by atoms with E-state index in [1.165, 1.54) is 0 Å². The summed E-state index contributed by atoms with van der Waals surface area (Å²) in [5.74, 6) is -4.02. The standard InChI is InChI=1S/C18H16F2N2O4/c19-13-6-7-14(15(20)8-13)18(25)22-9-16(23)21-10-17(24)26-11-12-4-2-1-3-5-12/h1-8H,9-11H2,(H,21,23)(H,22,25). The van der Waals surface area contributed by atoms with Crippen LogP contribution >= 0.6 is 0 Å². The molecule has 0 aromatic heterocycles. The van der Waals surface area contributed by atoms with Gasteiger partial charge < -0.3 is 15.4 Å². The maximum absolute atomic E-state index is 13.4. The fourth-order valence-electron chi connectivity index (χ4n) is 1.95. The third-order valence-electron chi connectivity index (χ3n) is 3.26. The summed E-state index contributed by atoms with van der Waals surface area (Å²) < 4.78 is 31.2. The summed E-state index contributed by atoms with van der Waals surface area (Å²) in [5.41, 5.74) is 0.419. The molecule has 136 valence electrons. The van der Waals surface area contributed by atoms with E-state index in [0.717, 1.165) is 17.7 Å². The first-order chi connectivity index (χ1) is 12.5. The van der Waals surface area contributed by atoms with Crippen LogP contribution in [0.2, 0.25) is 0 Å². The molecule has 0 spiro atoms. The van der Waals surface area contributed by atoms with Crippen LogP contribution in [0.3, 0.4) is 0 Å². The fourth-order valence-corrected chi connectivity index (χ4v) is 1.95. The summed E-state index contributed by atoms with van der Waals surface area (Å²) in [7, 11) is 0. The summed E-state index contributed by atoms with van der Waals surface area (Å²) in [6.45, 7) is -0.760. The zero-order chi connectivity index (χ0) is 18.9. The number of ether oxygens (including phenoxy) is 1. The van der Waals surface area contributed by atoms with Crippen molar-refractivity contribution in [2.45, 2.75) is 6.61 Å². The maximum atomic E-state index is 13.4. The summed E-state index contributed by atoms with van der Waals surface area (Å²) in [5, 5.41) is 4.44. The van der Waals surface area contributed by atoms with Gasteiger partial charge in [0.05, 0.1) is 12.1 Å². The molecular weight excluding hydrogens is 346 g/mol. The van der Waals surface area contributed by atoms with Crippen molar-refractivity contribution in [2.24, 2.45) is 0 Å². The van der Waals surface area contributed by atoms with Gasteiger partial charge >= 0.3 is 5.97 Å². The molecule has 0 aliphatic carbocycles. The van der Waals surface area contributed by atoms with Gasteiger partial charge in [-0.3, -0.25) is 14.4 Å². The van der Waals surface area contributed by atoms with Crippen LogP contribution < -0.4 is 10.6 Å². The molecule has 0 radical (unpaired) electrons. The van der Waals surface area contributed by atoms with E-state index in [4.69, 9.17) is 4.74 Å². The van der Waals surface area contributed by atoms with Gasteiger partial charge in [-0.25, -0.2) is 8.78 Å². The predicted molar refractivity (Wildman–Crippen MR) is 87.9 cm³/mol. The molecule has 0 heterocycles. The number of carbonyl (C=O) groups excluding carboxylic acids is 3. The van der Waals surface area contributed by atoms with Crippen LogP contribution in [0.5, 0.6) is 0 Å². The molecule has 6 nitrogen and oxygen atoms in total. The third kappa shape index (κ3) is 5.97. The first-order valence-corrected chi connectivity index (χ1v) is 7.65. The zero-order valence-electron chi connectivity index (χ0n) is 13.6. The number of amides is 2. The van der Waals surface area contributed by atoms with Gasteiger partial charge in [-0.1, -0.05) is 30.3 Å². The number of halogens is 2. The van der Waals surface area contributed by atoms with Crippen molar-refractivity contribution in [1.82, 2.24) is 10.6 Å². The lowest BCUT2D eigenvalue weighted by atomic mass is 10.2. The second kappa shape index (κ2) is 9.26. The van der Waals surface area contributed by atoms with Crippen molar-refractivity contribution in [3.63, 3.8) is 0 Å². The predicted octanol–water partition coefficient (Wildman–Crippen LogP) is 1.55. The van der Waals surface area contributed by atoms with Gasteiger partial charge in [0, 0.05) is 6.07 Å². The van der Waals surface area contributed by atoms with Gasteiger partial charge in [0.1, 0.15) is 24.8 Å². The highest BCUT2D eigenvalue weighted by atomic mass is 19.1. The smallest absolute Gasteiger partial charge is 0.325 e. The molecule has 0 bridgehead atoms. The minimum absolute atomic E-state index is 0.0795. The Kier molecular flexibility index (Phi) is 6.78. The summed E-state index contributed by atoms with van der Waals surface area (Å²) >= 11 is 0. The minimum Gasteiger partial charge on any atom is -0.460 e. The molecular formula is C18H16F2N2O4. The van der Waals surface area contributed by atoms with E-state index >= 15 is 0 Å². The highest BCUT2D eigenvalue weighted by Crippen LogP contribution is 2.09. The number of rotatable bonds is 7. The van der Waals surface area contributed by atoms with Crippen molar-refractivity contribution in [3.05, 3.63) is 71.3 Å². The number of benzene rings is 2. The Balaban J connectivity index is 1.69. The first-order valence-electron chi connectivity index (χ1n) is 7.65. The van der Waals surface area contributed by atoms with Crippen molar-refractivity contribution in [2.75, 3.05) is 13.1 Å². The topological polar surface area (TPSA) is 84.5 Å². The van der Waals surface area contributed by atoms with E-state index in [2.05, 4.69) is 10.6 Å². The quantitative estimate of drug-likeness (QED) is 0.732. The molecule has 2 aromatic rings. The molecule has 2 rings (SSSR count). The van der Waals surface area contributed by atoms with E-state index in [0.29, 0.717) is 6.07 Å². The molecule has 2 N–H and O–H groups in total. The number of carbonyl (C=O) groups is 3. The molecule has 0 aliphatic rings. The van der Waals surface area contributed by atoms with Gasteiger partial charge in [-0.2, -0.15) is 0 Å². The van der Waals surface area contributed by atoms with Gasteiger partial charge in [0.25, 0.3) is 5.91 Å². The molecule has 2 aromatic carbocycles. The molecule has 0 aliphatic heterocycles. The summed E-state index contributed by atoms with van der Waals surface area (Å²) in [6, 6.07) is 11.5. The van der Waals surface area contributed by atoms with E-state index in [1.807, 2.05) is 6.07 Å². The monoisotopic (exact) mass is 362 g/mol. The van der Waals surface area contributed by atoms with Crippen LogP contribution in [0.1, 0.15) is 15.9 Å². The molecule has 0 unspecified atom stereocenters. The lowest BCUT2D eigenvalue weighted by Gasteiger charge is -2.08. The van der Waals surface area contributed by atoms with Crippen molar-refractivity contribution in [3.8, 4) is 0 Å². The van der Waals surface area contributed by atoms with Gasteiger partial charge in [0.2, 0.25) is 5.91 Å². The van der Waals surface area contributed by atoms with Crippen molar-refractivity contribution < 1.29 is 27.9 Å². The minimum atomic E-state index is -1.03. The van der Waals surface area contributed by atoms with Crippen molar-refractivity contribution >= 4 is 17.8 Å². The van der Waals surface area contributed by atoms with E-state index in [9.17, 15) is 23.2 Å². The molecule has 0 saturated heterocycles. The van der Waals surface area contributed by atoms with Crippen LogP contribution in [0.15, 0.2) is 48.5 Å². The normalized spacial score (nSPS) is 10.1. The number of hydrogen-bond donors (Lipinski definition) is 2. The summed E-state index contributed by atoms with van der Waals surface area (Å²) in [4.78, 5) is 34.9. The highest BCUT2D eigenvalue weighted by molar-refractivity contribution is 5.96. The Morgan fingerprint density at radius 2 is 1.65 bits per heavy atom. The maximum Gasteiger partial charge on any atom is 0.325 e. The van der Waals surface area contributed by atoms with Crippen LogP contribution in [-0.2, 0) is 20.9 Å². The van der Waals surface area contributed by atoms with Crippen LogP contribution in [-0.4, -0.2) is 30.9 Å². The van der Waals surface area contributed by atoms with Crippen LogP contribution in [0.4, 0.5) is 8.78 Å². The van der Waals surface area contributed by atoms with Crippen LogP contribution in [0, 0.1) is 11.6 Å². The molecule has 8 heteroatoms. The van der Waals surface area contributed by atoms with Gasteiger partial charge in [-0.15, -0.1) is 0 Å². The Bertz CT molecular complexity index is 797. The molecule has 0 atom stereocenters. The van der Waals surface area contributed by atoms with E-state index in [-0.39, 0.29) is 18.7 Å². The average Bonchev–Trinajstić information content (AvgIpc) is 2.63. The lowest BCUT2D eigenvalue weighted by Crippen LogP contribution is -2.39. The Morgan fingerprint density at radius 3 is 2.35 bits per heavy atom. The lowest BCUT2D eigenvalue weighted by molar-refractivity contribution is -0.145.